The predicted octanol–water partition coefficient (Wildman–Crippen LogP) is 2.74. The molecule has 2 rings (SSSR count). The molecule has 0 spiro atoms. The predicted molar refractivity (Wildman–Crippen MR) is 79.3 cm³/mol. The second kappa shape index (κ2) is 7.05. The highest BCUT2D eigenvalue weighted by Crippen LogP contribution is 2.09. The van der Waals surface area contributed by atoms with Gasteiger partial charge in [-0.2, -0.15) is 0 Å². The number of hydrogen-bond donors (Lipinski definition) is 2. The van der Waals surface area contributed by atoms with Gasteiger partial charge in [-0.3, -0.25) is 0 Å². The van der Waals surface area contributed by atoms with Gasteiger partial charge in [0, 0.05) is 6.54 Å². The van der Waals surface area contributed by atoms with Gasteiger partial charge in [-0.1, -0.05) is 48.8 Å². The maximum atomic E-state index is 5.52. The van der Waals surface area contributed by atoms with Crippen LogP contribution in [-0.4, -0.2) is 16.7 Å². The van der Waals surface area contributed by atoms with Crippen LogP contribution in [-0.2, 0) is 13.1 Å². The molecular formula is C15H22N4O. The number of benzene rings is 1. The summed E-state index contributed by atoms with van der Waals surface area (Å²) in [4.78, 5) is 0. The largest absolute Gasteiger partial charge is 0.407 e. The summed E-state index contributed by atoms with van der Waals surface area (Å²) in [6, 6.07) is 8.82. The molecule has 0 radical (unpaired) electrons. The van der Waals surface area contributed by atoms with Crippen LogP contribution in [0.5, 0.6) is 0 Å². The van der Waals surface area contributed by atoms with Crippen LogP contribution < -0.4 is 10.6 Å². The monoisotopic (exact) mass is 274 g/mol. The van der Waals surface area contributed by atoms with Crippen LogP contribution in [0.15, 0.2) is 28.7 Å². The number of aromatic nitrogens is 2. The lowest BCUT2D eigenvalue weighted by molar-refractivity contribution is 0.458. The summed E-state index contributed by atoms with van der Waals surface area (Å²) in [5, 5.41) is 14.4. The first-order valence-electron chi connectivity index (χ1n) is 6.96. The molecule has 2 aromatic rings. The topological polar surface area (TPSA) is 63.0 Å². The quantitative estimate of drug-likeness (QED) is 0.813. The van der Waals surface area contributed by atoms with E-state index < -0.39 is 0 Å². The van der Waals surface area contributed by atoms with Crippen molar-refractivity contribution in [2.24, 2.45) is 5.92 Å². The molecule has 5 heteroatoms. The molecule has 20 heavy (non-hydrogen) atoms. The number of nitrogens with zero attached hydrogens (tertiary/aromatic N) is 2. The Bertz CT molecular complexity index is 519. The van der Waals surface area contributed by atoms with Crippen molar-refractivity contribution in [3.05, 3.63) is 41.3 Å². The Hall–Kier alpha value is -1.88. The number of nitrogens with one attached hydrogen (secondary N) is 2. The van der Waals surface area contributed by atoms with Crippen molar-refractivity contribution in [3.63, 3.8) is 0 Å². The van der Waals surface area contributed by atoms with E-state index in [-0.39, 0.29) is 0 Å². The maximum Gasteiger partial charge on any atom is 0.315 e. The van der Waals surface area contributed by atoms with Crippen molar-refractivity contribution in [2.75, 3.05) is 11.9 Å². The molecule has 0 saturated heterocycles. The number of aryl methyl sites for hydroxylation is 1. The number of anilines is 1. The van der Waals surface area contributed by atoms with Crippen molar-refractivity contribution in [1.82, 2.24) is 15.5 Å². The van der Waals surface area contributed by atoms with Crippen molar-refractivity contribution in [1.29, 1.82) is 0 Å². The summed E-state index contributed by atoms with van der Waals surface area (Å²) in [5.74, 6) is 1.22. The Kier molecular flexibility index (Phi) is 5.12. The average molecular weight is 274 g/mol. The Labute approximate surface area is 119 Å². The summed E-state index contributed by atoms with van der Waals surface area (Å²) >= 11 is 0. The first-order valence-corrected chi connectivity index (χ1v) is 6.96. The third-order valence-electron chi connectivity index (χ3n) is 2.86. The van der Waals surface area contributed by atoms with Crippen LogP contribution >= 0.6 is 0 Å². The molecular weight excluding hydrogens is 252 g/mol. The van der Waals surface area contributed by atoms with E-state index in [0.717, 1.165) is 6.54 Å². The Morgan fingerprint density at radius 2 is 1.85 bits per heavy atom. The standard InChI is InChI=1S/C15H22N4O/c1-11(2)8-16-10-14-18-19-15(20-14)17-9-13-6-4-12(3)5-7-13/h4-7,11,16H,8-10H2,1-3H3,(H,17,19). The van der Waals surface area contributed by atoms with Crippen molar-refractivity contribution in [3.8, 4) is 0 Å². The van der Waals surface area contributed by atoms with E-state index in [1.165, 1.54) is 11.1 Å². The number of hydrogen-bond acceptors (Lipinski definition) is 5. The molecule has 108 valence electrons. The van der Waals surface area contributed by atoms with Gasteiger partial charge in [0.05, 0.1) is 6.54 Å². The molecule has 5 nitrogen and oxygen atoms in total. The highest BCUT2D eigenvalue weighted by atomic mass is 16.4. The molecule has 1 aromatic carbocycles. The van der Waals surface area contributed by atoms with Gasteiger partial charge in [-0.25, -0.2) is 0 Å². The van der Waals surface area contributed by atoms with E-state index in [2.05, 4.69) is 65.9 Å². The highest BCUT2D eigenvalue weighted by molar-refractivity contribution is 5.26. The summed E-state index contributed by atoms with van der Waals surface area (Å²) in [7, 11) is 0. The lowest BCUT2D eigenvalue weighted by atomic mass is 10.1. The minimum Gasteiger partial charge on any atom is -0.407 e. The first-order chi connectivity index (χ1) is 9.63. The summed E-state index contributed by atoms with van der Waals surface area (Å²) in [6.45, 7) is 8.63. The minimum atomic E-state index is 0.465. The zero-order chi connectivity index (χ0) is 14.4. The number of rotatable bonds is 7. The normalized spacial score (nSPS) is 11.0. The average Bonchev–Trinajstić information content (AvgIpc) is 2.86. The molecule has 2 N–H and O–H groups in total. The lowest BCUT2D eigenvalue weighted by Crippen LogP contribution is -2.19. The molecule has 0 bridgehead atoms. The Balaban J connectivity index is 1.79. The van der Waals surface area contributed by atoms with Gasteiger partial charge < -0.3 is 15.1 Å². The van der Waals surface area contributed by atoms with Crippen molar-refractivity contribution >= 4 is 6.01 Å². The molecule has 1 aromatic heterocycles. The van der Waals surface area contributed by atoms with Gasteiger partial charge in [0.25, 0.3) is 0 Å². The van der Waals surface area contributed by atoms with Gasteiger partial charge in [-0.15, -0.1) is 5.10 Å². The molecule has 1 heterocycles. The molecule has 0 fully saturated rings. The zero-order valence-electron chi connectivity index (χ0n) is 12.3. The highest BCUT2D eigenvalue weighted by Gasteiger charge is 2.05. The third-order valence-corrected chi connectivity index (χ3v) is 2.86. The minimum absolute atomic E-state index is 0.465. The molecule has 0 aliphatic rings. The smallest absolute Gasteiger partial charge is 0.315 e. The summed E-state index contributed by atoms with van der Waals surface area (Å²) < 4.78 is 5.52. The van der Waals surface area contributed by atoms with Crippen LogP contribution in [0, 0.1) is 12.8 Å². The molecule has 0 saturated carbocycles. The van der Waals surface area contributed by atoms with Crippen molar-refractivity contribution < 1.29 is 4.42 Å². The van der Waals surface area contributed by atoms with E-state index in [4.69, 9.17) is 4.42 Å². The van der Waals surface area contributed by atoms with Gasteiger partial charge in [0.1, 0.15) is 0 Å². The molecule has 0 aliphatic heterocycles. The van der Waals surface area contributed by atoms with E-state index in [1.807, 2.05) is 0 Å². The first kappa shape index (κ1) is 14.5. The van der Waals surface area contributed by atoms with E-state index >= 15 is 0 Å². The Morgan fingerprint density at radius 1 is 1.10 bits per heavy atom. The molecule has 0 aliphatic carbocycles. The third kappa shape index (κ3) is 4.66. The van der Waals surface area contributed by atoms with Gasteiger partial charge in [0.15, 0.2) is 0 Å². The van der Waals surface area contributed by atoms with Crippen LogP contribution in [0.25, 0.3) is 0 Å². The van der Waals surface area contributed by atoms with Gasteiger partial charge in [-0.05, 0) is 24.9 Å². The van der Waals surface area contributed by atoms with E-state index in [1.54, 1.807) is 0 Å². The summed E-state index contributed by atoms with van der Waals surface area (Å²) in [6.07, 6.45) is 0. The van der Waals surface area contributed by atoms with E-state index in [9.17, 15) is 0 Å². The van der Waals surface area contributed by atoms with Crippen LogP contribution in [0.2, 0.25) is 0 Å². The van der Waals surface area contributed by atoms with Crippen molar-refractivity contribution in [2.45, 2.75) is 33.9 Å². The Morgan fingerprint density at radius 3 is 2.55 bits per heavy atom. The van der Waals surface area contributed by atoms with Crippen LogP contribution in [0.4, 0.5) is 6.01 Å². The molecule has 0 amide bonds. The van der Waals surface area contributed by atoms with Gasteiger partial charge >= 0.3 is 6.01 Å². The summed E-state index contributed by atoms with van der Waals surface area (Å²) in [5.41, 5.74) is 2.44. The van der Waals surface area contributed by atoms with E-state index in [0.29, 0.717) is 30.9 Å². The lowest BCUT2D eigenvalue weighted by Gasteiger charge is -2.04. The van der Waals surface area contributed by atoms with Crippen LogP contribution in [0.3, 0.4) is 0 Å². The zero-order valence-corrected chi connectivity index (χ0v) is 12.3. The molecule has 0 unspecified atom stereocenters. The molecule has 0 atom stereocenters. The van der Waals surface area contributed by atoms with Gasteiger partial charge in [0.2, 0.25) is 5.89 Å². The SMILES string of the molecule is Cc1ccc(CNc2nnc(CNCC(C)C)o2)cc1. The van der Waals surface area contributed by atoms with Crippen LogP contribution in [0.1, 0.15) is 30.9 Å². The maximum absolute atomic E-state index is 5.52. The second-order valence-corrected chi connectivity index (χ2v) is 5.36. The fourth-order valence-corrected chi connectivity index (χ4v) is 1.75. The fourth-order valence-electron chi connectivity index (χ4n) is 1.75. The second-order valence-electron chi connectivity index (χ2n) is 5.36. The fraction of sp³-hybridized carbons (Fsp3) is 0.467.